The molecule has 2 aromatic carbocycles. The van der Waals surface area contributed by atoms with Gasteiger partial charge in [0.1, 0.15) is 12.4 Å². The molecule has 138 valence electrons. The molecule has 1 aromatic heterocycles. The molecule has 2 unspecified atom stereocenters. The maximum Gasteiger partial charge on any atom is 0.120 e. The molecule has 0 saturated heterocycles. The van der Waals surface area contributed by atoms with E-state index in [0.717, 1.165) is 12.3 Å². The van der Waals surface area contributed by atoms with Gasteiger partial charge in [-0.3, -0.25) is 9.99 Å². The van der Waals surface area contributed by atoms with Gasteiger partial charge in [-0.15, -0.1) is 0 Å². The summed E-state index contributed by atoms with van der Waals surface area (Å²) in [6, 6.07) is 21.0. The number of nitrogens with zero attached hydrogens (tertiary/aromatic N) is 3. The topological polar surface area (TPSA) is 37.7 Å². The molecule has 4 nitrogen and oxygen atoms in total. The van der Waals surface area contributed by atoms with E-state index in [4.69, 9.17) is 4.74 Å². The van der Waals surface area contributed by atoms with Gasteiger partial charge in [0, 0.05) is 24.5 Å². The molecule has 0 saturated carbocycles. The van der Waals surface area contributed by atoms with Gasteiger partial charge in [-0.1, -0.05) is 48.6 Å². The average molecular weight is 367 g/mol. The second kappa shape index (κ2) is 7.31. The first-order valence-corrected chi connectivity index (χ1v) is 9.56. The molecular weight excluding hydrogens is 346 g/mol. The van der Waals surface area contributed by atoms with Crippen molar-refractivity contribution in [2.24, 2.45) is 5.10 Å². The first-order valence-electron chi connectivity index (χ1n) is 9.56. The molecule has 0 fully saturated rings. The van der Waals surface area contributed by atoms with Crippen LogP contribution in [0, 0.1) is 0 Å². The molecule has 0 aliphatic carbocycles. The van der Waals surface area contributed by atoms with Gasteiger partial charge in [-0.2, -0.15) is 5.10 Å². The summed E-state index contributed by atoms with van der Waals surface area (Å²) in [5.41, 5.74) is 4.88. The molecule has 0 spiro atoms. The van der Waals surface area contributed by atoms with Crippen LogP contribution in [0.2, 0.25) is 0 Å². The second-order valence-electron chi connectivity index (χ2n) is 7.11. The van der Waals surface area contributed by atoms with Crippen LogP contribution in [-0.4, -0.2) is 22.8 Å². The molecule has 3 heterocycles. The fraction of sp³-hybridized carbons (Fsp3) is 0.167. The third kappa shape index (κ3) is 3.18. The smallest absolute Gasteiger partial charge is 0.120 e. The Morgan fingerprint density at radius 1 is 1.00 bits per heavy atom. The minimum Gasteiger partial charge on any atom is -0.489 e. The molecule has 0 bridgehead atoms. The minimum absolute atomic E-state index is 0.190. The maximum absolute atomic E-state index is 6.03. The molecule has 2 atom stereocenters. The van der Waals surface area contributed by atoms with E-state index in [-0.39, 0.29) is 12.0 Å². The summed E-state index contributed by atoms with van der Waals surface area (Å²) in [6.07, 6.45) is 10.1. The summed E-state index contributed by atoms with van der Waals surface area (Å²) in [6.45, 7) is 1.37. The number of fused-ring (bicyclic) bond motifs is 3. The number of hydrogen-bond donors (Lipinski definition) is 0. The highest BCUT2D eigenvalue weighted by atomic mass is 16.5. The maximum atomic E-state index is 6.03. The zero-order valence-electron chi connectivity index (χ0n) is 15.5. The van der Waals surface area contributed by atoms with Gasteiger partial charge in [-0.05, 0) is 46.5 Å². The molecule has 28 heavy (non-hydrogen) atoms. The van der Waals surface area contributed by atoms with E-state index in [9.17, 15) is 0 Å². The lowest BCUT2D eigenvalue weighted by Crippen LogP contribution is -2.23. The van der Waals surface area contributed by atoms with E-state index in [1.54, 1.807) is 0 Å². The Morgan fingerprint density at radius 3 is 2.71 bits per heavy atom. The molecule has 4 heteroatoms. The SMILES string of the molecule is C1=Cc2cc(OCc3ccccc3)ccc2C2C(c3ccncc3)C=NN2C1. The monoisotopic (exact) mass is 367 g/mol. The molecule has 0 radical (unpaired) electrons. The van der Waals surface area contributed by atoms with E-state index in [1.165, 1.54) is 22.3 Å². The molecule has 2 aliphatic heterocycles. The van der Waals surface area contributed by atoms with Crippen molar-refractivity contribution in [1.29, 1.82) is 0 Å². The Kier molecular flexibility index (Phi) is 4.37. The zero-order valence-corrected chi connectivity index (χ0v) is 15.5. The van der Waals surface area contributed by atoms with E-state index in [2.05, 4.69) is 75.9 Å². The van der Waals surface area contributed by atoms with Crippen LogP contribution in [0.25, 0.3) is 6.08 Å². The van der Waals surface area contributed by atoms with Gasteiger partial charge in [0.05, 0.1) is 12.6 Å². The lowest BCUT2D eigenvalue weighted by atomic mass is 9.87. The molecule has 2 aliphatic rings. The number of rotatable bonds is 4. The van der Waals surface area contributed by atoms with Gasteiger partial charge in [-0.25, -0.2) is 0 Å². The van der Waals surface area contributed by atoms with Crippen LogP contribution < -0.4 is 4.74 Å². The summed E-state index contributed by atoms with van der Waals surface area (Å²) in [7, 11) is 0. The predicted octanol–water partition coefficient (Wildman–Crippen LogP) is 4.81. The zero-order chi connectivity index (χ0) is 18.8. The standard InChI is InChI=1S/C24H21N3O/c1-2-5-18(6-3-1)17-28-21-8-9-22-20(15-21)7-4-14-27-24(22)23(16-26-27)19-10-12-25-13-11-19/h1-13,15-16,23-24H,14,17H2. The van der Waals surface area contributed by atoms with Crippen molar-refractivity contribution in [3.63, 3.8) is 0 Å². The van der Waals surface area contributed by atoms with E-state index in [1.807, 2.05) is 30.6 Å². The fourth-order valence-corrected chi connectivity index (χ4v) is 3.95. The highest BCUT2D eigenvalue weighted by Crippen LogP contribution is 2.42. The van der Waals surface area contributed by atoms with Crippen LogP contribution in [0.3, 0.4) is 0 Å². The summed E-state index contributed by atoms with van der Waals surface area (Å²) in [4.78, 5) is 4.15. The third-order valence-electron chi connectivity index (χ3n) is 5.34. The van der Waals surface area contributed by atoms with E-state index in [0.29, 0.717) is 6.61 Å². The Hall–Kier alpha value is -3.40. The Morgan fingerprint density at radius 2 is 1.86 bits per heavy atom. The summed E-state index contributed by atoms with van der Waals surface area (Å²) < 4.78 is 6.03. The largest absolute Gasteiger partial charge is 0.489 e. The van der Waals surface area contributed by atoms with Gasteiger partial charge >= 0.3 is 0 Å². The van der Waals surface area contributed by atoms with Crippen molar-refractivity contribution in [1.82, 2.24) is 9.99 Å². The lowest BCUT2D eigenvalue weighted by Gasteiger charge is -2.27. The van der Waals surface area contributed by atoms with E-state index >= 15 is 0 Å². The van der Waals surface area contributed by atoms with Crippen molar-refractivity contribution in [2.75, 3.05) is 6.54 Å². The minimum atomic E-state index is 0.190. The number of aromatic nitrogens is 1. The van der Waals surface area contributed by atoms with Crippen molar-refractivity contribution >= 4 is 12.3 Å². The van der Waals surface area contributed by atoms with Crippen molar-refractivity contribution in [3.8, 4) is 5.75 Å². The number of benzene rings is 2. The van der Waals surface area contributed by atoms with Crippen LogP contribution in [-0.2, 0) is 6.61 Å². The fourth-order valence-electron chi connectivity index (χ4n) is 3.95. The van der Waals surface area contributed by atoms with Crippen LogP contribution >= 0.6 is 0 Å². The predicted molar refractivity (Wildman–Crippen MR) is 111 cm³/mol. The van der Waals surface area contributed by atoms with Gasteiger partial charge in [0.25, 0.3) is 0 Å². The highest BCUT2D eigenvalue weighted by molar-refractivity contribution is 5.73. The Labute approximate surface area is 164 Å². The number of hydrogen-bond acceptors (Lipinski definition) is 4. The van der Waals surface area contributed by atoms with Gasteiger partial charge in [0.2, 0.25) is 0 Å². The number of pyridine rings is 1. The summed E-state index contributed by atoms with van der Waals surface area (Å²) >= 11 is 0. The molecule has 0 N–H and O–H groups in total. The van der Waals surface area contributed by atoms with Crippen molar-refractivity contribution in [2.45, 2.75) is 18.6 Å². The first-order chi connectivity index (χ1) is 13.9. The van der Waals surface area contributed by atoms with Crippen LogP contribution in [0.1, 0.15) is 34.2 Å². The van der Waals surface area contributed by atoms with Crippen LogP contribution in [0.5, 0.6) is 5.75 Å². The van der Waals surface area contributed by atoms with Crippen molar-refractivity contribution in [3.05, 3.63) is 101 Å². The molecule has 3 aromatic rings. The second-order valence-corrected chi connectivity index (χ2v) is 7.11. The Balaban J connectivity index is 1.43. The molecule has 5 rings (SSSR count). The average Bonchev–Trinajstić information content (AvgIpc) is 3.09. The normalized spacial score (nSPS) is 19.8. The quantitative estimate of drug-likeness (QED) is 0.664. The van der Waals surface area contributed by atoms with E-state index < -0.39 is 0 Å². The van der Waals surface area contributed by atoms with Gasteiger partial charge < -0.3 is 4.74 Å². The number of ether oxygens (including phenoxy) is 1. The van der Waals surface area contributed by atoms with Crippen molar-refractivity contribution < 1.29 is 4.74 Å². The van der Waals surface area contributed by atoms with Crippen LogP contribution in [0.15, 0.2) is 84.2 Å². The summed E-state index contributed by atoms with van der Waals surface area (Å²) in [5.74, 6) is 1.11. The van der Waals surface area contributed by atoms with Crippen LogP contribution in [0.4, 0.5) is 0 Å². The molecular formula is C24H21N3O. The Bertz CT molecular complexity index is 1010. The molecule has 0 amide bonds. The highest BCUT2D eigenvalue weighted by Gasteiger charge is 2.35. The first kappa shape index (κ1) is 16.8. The summed E-state index contributed by atoms with van der Waals surface area (Å²) in [5, 5.41) is 6.84. The number of hydrazone groups is 1. The lowest BCUT2D eigenvalue weighted by molar-refractivity contribution is 0.247. The van der Waals surface area contributed by atoms with Gasteiger partial charge in [0.15, 0.2) is 0 Å². The third-order valence-corrected chi connectivity index (χ3v) is 5.34.